The van der Waals surface area contributed by atoms with Gasteiger partial charge in [0.25, 0.3) is 0 Å². The first-order valence-corrected chi connectivity index (χ1v) is 6.51. The van der Waals surface area contributed by atoms with Crippen molar-refractivity contribution in [1.82, 2.24) is 10.6 Å². The quantitative estimate of drug-likeness (QED) is 0.721. The lowest BCUT2D eigenvalue weighted by Crippen LogP contribution is -2.39. The van der Waals surface area contributed by atoms with Crippen LogP contribution in [0.1, 0.15) is 35.4 Å². The molecule has 0 spiro atoms. The number of nitrogens with one attached hydrogen (secondary N) is 2. The summed E-state index contributed by atoms with van der Waals surface area (Å²) in [5.74, 6) is 0. The van der Waals surface area contributed by atoms with Crippen molar-refractivity contribution < 1.29 is 9.90 Å². The molecule has 1 aliphatic rings. The van der Waals surface area contributed by atoms with Crippen molar-refractivity contribution in [2.24, 2.45) is 0 Å². The Balaban J connectivity index is 2.02. The van der Waals surface area contributed by atoms with Gasteiger partial charge in [-0.15, -0.1) is 17.9 Å². The molecule has 2 rings (SSSR count). The van der Waals surface area contributed by atoms with Gasteiger partial charge in [-0.1, -0.05) is 6.08 Å². The van der Waals surface area contributed by atoms with Crippen molar-refractivity contribution in [3.63, 3.8) is 0 Å². The van der Waals surface area contributed by atoms with Gasteiger partial charge < -0.3 is 15.7 Å². The van der Waals surface area contributed by atoms with E-state index in [-0.39, 0.29) is 18.2 Å². The van der Waals surface area contributed by atoms with Gasteiger partial charge in [-0.25, -0.2) is 4.79 Å². The maximum Gasteiger partial charge on any atom is 0.315 e. The third-order valence-corrected chi connectivity index (χ3v) is 3.88. The minimum atomic E-state index is -0.376. The minimum Gasteiger partial charge on any atom is -0.388 e. The fourth-order valence-corrected chi connectivity index (χ4v) is 3.01. The molecule has 0 saturated heterocycles. The summed E-state index contributed by atoms with van der Waals surface area (Å²) >= 11 is 1.54. The van der Waals surface area contributed by atoms with Crippen LogP contribution < -0.4 is 10.6 Å². The molecular weight excluding hydrogens is 236 g/mol. The van der Waals surface area contributed by atoms with Gasteiger partial charge in [0.05, 0.1) is 12.1 Å². The van der Waals surface area contributed by atoms with Crippen molar-refractivity contribution in [2.75, 3.05) is 6.54 Å². The molecule has 0 fully saturated rings. The molecule has 4 nitrogen and oxygen atoms in total. The maximum atomic E-state index is 11.6. The standard InChI is InChI=1S/C12H16N2O2S/c1-2-6-13-12(16)14-9-3-4-10(15)11-8(9)5-7-17-11/h2,5,7,9-10,15H,1,3-4,6H2,(H2,13,14,16)/t9-,10-/m1/s1. The highest BCUT2D eigenvalue weighted by Crippen LogP contribution is 2.39. The fraction of sp³-hybridized carbons (Fsp3) is 0.417. The fourth-order valence-electron chi connectivity index (χ4n) is 2.02. The highest BCUT2D eigenvalue weighted by atomic mass is 32.1. The zero-order valence-electron chi connectivity index (χ0n) is 9.48. The Hall–Kier alpha value is -1.33. The van der Waals surface area contributed by atoms with Gasteiger partial charge in [0, 0.05) is 11.4 Å². The van der Waals surface area contributed by atoms with E-state index in [0.717, 1.165) is 16.9 Å². The maximum absolute atomic E-state index is 11.6. The Morgan fingerprint density at radius 1 is 1.65 bits per heavy atom. The lowest BCUT2D eigenvalue weighted by molar-refractivity contribution is 0.151. The molecule has 0 saturated carbocycles. The molecule has 0 bridgehead atoms. The second-order valence-electron chi connectivity index (χ2n) is 4.03. The van der Waals surface area contributed by atoms with Crippen LogP contribution in [0.4, 0.5) is 4.79 Å². The molecule has 0 radical (unpaired) electrons. The lowest BCUT2D eigenvalue weighted by atomic mass is 9.92. The van der Waals surface area contributed by atoms with Crippen LogP contribution in [0.3, 0.4) is 0 Å². The Bertz CT molecular complexity index is 416. The van der Waals surface area contributed by atoms with Crippen LogP contribution in [0, 0.1) is 0 Å². The summed E-state index contributed by atoms with van der Waals surface area (Å²) in [7, 11) is 0. The summed E-state index contributed by atoms with van der Waals surface area (Å²) in [6.07, 6.45) is 2.73. The highest BCUT2D eigenvalue weighted by Gasteiger charge is 2.27. The summed E-state index contributed by atoms with van der Waals surface area (Å²) < 4.78 is 0. The smallest absolute Gasteiger partial charge is 0.315 e. The van der Waals surface area contributed by atoms with Crippen LogP contribution in [-0.4, -0.2) is 17.7 Å². The molecule has 5 heteroatoms. The first kappa shape index (κ1) is 12.1. The van der Waals surface area contributed by atoms with E-state index in [1.54, 1.807) is 17.4 Å². The van der Waals surface area contributed by atoms with Crippen molar-refractivity contribution in [3.8, 4) is 0 Å². The summed E-state index contributed by atoms with van der Waals surface area (Å²) in [5.41, 5.74) is 1.04. The van der Waals surface area contributed by atoms with Gasteiger partial charge in [0.15, 0.2) is 0 Å². The second kappa shape index (κ2) is 5.33. The predicted molar refractivity (Wildman–Crippen MR) is 68.0 cm³/mol. The number of fused-ring (bicyclic) bond motifs is 1. The number of aliphatic hydroxyl groups excluding tert-OH is 1. The second-order valence-corrected chi connectivity index (χ2v) is 4.98. The number of amides is 2. The molecule has 0 aromatic carbocycles. The van der Waals surface area contributed by atoms with E-state index < -0.39 is 0 Å². The number of rotatable bonds is 3. The number of carbonyl (C=O) groups excluding carboxylic acids is 1. The molecule has 92 valence electrons. The third-order valence-electron chi connectivity index (χ3n) is 2.85. The number of hydrogen-bond acceptors (Lipinski definition) is 3. The van der Waals surface area contributed by atoms with E-state index in [1.165, 1.54) is 0 Å². The molecule has 1 heterocycles. The van der Waals surface area contributed by atoms with E-state index in [9.17, 15) is 9.90 Å². The first-order valence-electron chi connectivity index (χ1n) is 5.63. The highest BCUT2D eigenvalue weighted by molar-refractivity contribution is 7.10. The Labute approximate surface area is 104 Å². The summed E-state index contributed by atoms with van der Waals surface area (Å²) in [6, 6.07) is 1.79. The molecule has 1 aliphatic carbocycles. The minimum absolute atomic E-state index is 0.00413. The van der Waals surface area contributed by atoms with Crippen LogP contribution >= 0.6 is 11.3 Å². The summed E-state index contributed by atoms with van der Waals surface area (Å²) in [4.78, 5) is 12.5. The molecule has 2 amide bonds. The molecule has 2 atom stereocenters. The molecule has 1 aromatic heterocycles. The number of carbonyl (C=O) groups is 1. The number of thiophene rings is 1. The molecule has 3 N–H and O–H groups in total. The van der Waals surface area contributed by atoms with E-state index >= 15 is 0 Å². The lowest BCUT2D eigenvalue weighted by Gasteiger charge is -2.26. The van der Waals surface area contributed by atoms with E-state index in [0.29, 0.717) is 13.0 Å². The molecule has 17 heavy (non-hydrogen) atoms. The van der Waals surface area contributed by atoms with Gasteiger partial charge in [0.2, 0.25) is 0 Å². The van der Waals surface area contributed by atoms with Gasteiger partial charge in [-0.3, -0.25) is 0 Å². The van der Waals surface area contributed by atoms with Crippen LogP contribution in [0.25, 0.3) is 0 Å². The predicted octanol–water partition coefficient (Wildman–Crippen LogP) is 2.10. The van der Waals surface area contributed by atoms with Crippen molar-refractivity contribution >= 4 is 17.4 Å². The monoisotopic (exact) mass is 252 g/mol. The van der Waals surface area contributed by atoms with Crippen molar-refractivity contribution in [3.05, 3.63) is 34.5 Å². The number of aliphatic hydroxyl groups is 1. The van der Waals surface area contributed by atoms with Gasteiger partial charge in [0.1, 0.15) is 0 Å². The normalized spacial score (nSPS) is 22.6. The topological polar surface area (TPSA) is 61.4 Å². The third kappa shape index (κ3) is 2.68. The largest absolute Gasteiger partial charge is 0.388 e. The van der Waals surface area contributed by atoms with Crippen LogP contribution in [-0.2, 0) is 0 Å². The SMILES string of the molecule is C=CCNC(=O)N[C@@H]1CC[C@@H](O)c2sccc21. The average molecular weight is 252 g/mol. The van der Waals surface area contributed by atoms with E-state index in [2.05, 4.69) is 17.2 Å². The van der Waals surface area contributed by atoms with Gasteiger partial charge in [-0.05, 0) is 29.9 Å². The van der Waals surface area contributed by atoms with E-state index in [1.807, 2.05) is 11.4 Å². The zero-order valence-corrected chi connectivity index (χ0v) is 10.3. The average Bonchev–Trinajstić information content (AvgIpc) is 2.80. The van der Waals surface area contributed by atoms with Crippen molar-refractivity contribution in [2.45, 2.75) is 25.0 Å². The molecular formula is C12H16N2O2S. The Kier molecular flexibility index (Phi) is 3.81. The molecule has 0 aliphatic heterocycles. The summed E-state index contributed by atoms with van der Waals surface area (Å²) in [5, 5.41) is 17.4. The number of hydrogen-bond donors (Lipinski definition) is 3. The zero-order chi connectivity index (χ0) is 12.3. The van der Waals surface area contributed by atoms with Gasteiger partial charge in [-0.2, -0.15) is 0 Å². The summed E-state index contributed by atoms with van der Waals surface area (Å²) in [6.45, 7) is 4.00. The van der Waals surface area contributed by atoms with Crippen LogP contribution in [0.2, 0.25) is 0 Å². The Morgan fingerprint density at radius 2 is 2.47 bits per heavy atom. The molecule has 0 unspecified atom stereocenters. The molecule has 1 aromatic rings. The van der Waals surface area contributed by atoms with E-state index in [4.69, 9.17) is 0 Å². The number of urea groups is 1. The Morgan fingerprint density at radius 3 is 3.24 bits per heavy atom. The van der Waals surface area contributed by atoms with Gasteiger partial charge >= 0.3 is 6.03 Å². The van der Waals surface area contributed by atoms with Crippen molar-refractivity contribution in [1.29, 1.82) is 0 Å². The van der Waals surface area contributed by atoms with Crippen LogP contribution in [0.15, 0.2) is 24.1 Å². The van der Waals surface area contributed by atoms with Crippen LogP contribution in [0.5, 0.6) is 0 Å². The first-order chi connectivity index (χ1) is 8.22.